The van der Waals surface area contributed by atoms with E-state index in [0.717, 1.165) is 12.1 Å². The van der Waals surface area contributed by atoms with Gasteiger partial charge < -0.3 is 15.2 Å². The quantitative estimate of drug-likeness (QED) is 0.551. The second-order valence-electron chi connectivity index (χ2n) is 6.87. The van der Waals surface area contributed by atoms with Gasteiger partial charge in [-0.05, 0) is 43.5 Å². The summed E-state index contributed by atoms with van der Waals surface area (Å²) in [5.74, 6) is -0.916. The van der Waals surface area contributed by atoms with Gasteiger partial charge in [-0.2, -0.15) is 0 Å². The summed E-state index contributed by atoms with van der Waals surface area (Å²) in [6.07, 6.45) is 4.88. The molecule has 0 spiro atoms. The number of sulfonamides is 1. The zero-order valence-corrected chi connectivity index (χ0v) is 16.9. The lowest BCUT2D eigenvalue weighted by Gasteiger charge is -2.36. The highest BCUT2D eigenvalue weighted by Crippen LogP contribution is 2.22. The summed E-state index contributed by atoms with van der Waals surface area (Å²) in [7, 11) is -3.75. The summed E-state index contributed by atoms with van der Waals surface area (Å²) < 4.78 is 45.7. The maximum absolute atomic E-state index is 13.0. The van der Waals surface area contributed by atoms with Crippen molar-refractivity contribution in [3.05, 3.63) is 54.4 Å². The van der Waals surface area contributed by atoms with Crippen molar-refractivity contribution in [1.82, 2.24) is 20.0 Å². The van der Waals surface area contributed by atoms with E-state index in [-0.39, 0.29) is 29.8 Å². The molecule has 2 heterocycles. The molecule has 30 heavy (non-hydrogen) atoms. The summed E-state index contributed by atoms with van der Waals surface area (Å²) >= 11 is 0. The minimum Gasteiger partial charge on any atom is -0.394 e. The lowest BCUT2D eigenvalue weighted by atomic mass is 9.97. The summed E-state index contributed by atoms with van der Waals surface area (Å²) in [5, 5.41) is 12.4. The Morgan fingerprint density at radius 3 is 2.67 bits per heavy atom. The predicted octanol–water partition coefficient (Wildman–Crippen LogP) is 0.623. The number of carbonyl (C=O) groups excluding carboxylic acids is 1. The van der Waals surface area contributed by atoms with Gasteiger partial charge in [0.05, 0.1) is 29.8 Å². The van der Waals surface area contributed by atoms with Crippen molar-refractivity contribution in [3.8, 4) is 0 Å². The molecule has 0 aliphatic carbocycles. The second kappa shape index (κ2) is 10.0. The number of halogens is 1. The lowest BCUT2D eigenvalue weighted by Crippen LogP contribution is -2.51. The number of aliphatic hydroxyl groups excluding tert-OH is 1. The van der Waals surface area contributed by atoms with E-state index < -0.39 is 33.9 Å². The van der Waals surface area contributed by atoms with E-state index in [0.29, 0.717) is 19.3 Å². The molecule has 3 N–H and O–H groups in total. The van der Waals surface area contributed by atoms with Gasteiger partial charge in [0.25, 0.3) is 5.91 Å². The first-order valence-electron chi connectivity index (χ1n) is 9.47. The summed E-state index contributed by atoms with van der Waals surface area (Å²) in [4.78, 5) is 20.0. The van der Waals surface area contributed by atoms with Crippen LogP contribution in [0.15, 0.2) is 47.8 Å². The van der Waals surface area contributed by atoms with Gasteiger partial charge in [0.1, 0.15) is 17.6 Å². The van der Waals surface area contributed by atoms with Crippen molar-refractivity contribution in [2.24, 2.45) is 0 Å². The highest BCUT2D eigenvalue weighted by atomic mass is 32.2. The third-order valence-corrected chi connectivity index (χ3v) is 6.27. The van der Waals surface area contributed by atoms with E-state index in [1.165, 1.54) is 30.7 Å². The van der Waals surface area contributed by atoms with Crippen molar-refractivity contribution >= 4 is 15.9 Å². The Kier molecular flexibility index (Phi) is 7.43. The Hall–Kier alpha value is -2.47. The molecule has 1 aromatic heterocycles. The number of aromatic nitrogens is 2. The number of nitrogens with zero attached hydrogens (tertiary/aromatic N) is 2. The Balaban J connectivity index is 1.49. The molecule has 3 rings (SSSR count). The molecule has 0 unspecified atom stereocenters. The first-order valence-corrected chi connectivity index (χ1v) is 11.0. The lowest BCUT2D eigenvalue weighted by molar-refractivity contribution is -0.0891. The largest absolute Gasteiger partial charge is 0.394 e. The van der Waals surface area contributed by atoms with E-state index in [9.17, 15) is 22.7 Å². The maximum atomic E-state index is 13.0. The molecule has 1 amide bonds. The van der Waals surface area contributed by atoms with Gasteiger partial charge in [-0.1, -0.05) is 0 Å². The van der Waals surface area contributed by atoms with Crippen molar-refractivity contribution in [2.45, 2.75) is 42.4 Å². The molecule has 1 fully saturated rings. The van der Waals surface area contributed by atoms with Crippen LogP contribution in [-0.4, -0.2) is 60.8 Å². The van der Waals surface area contributed by atoms with Crippen LogP contribution in [-0.2, 0) is 14.8 Å². The normalized spacial score (nSPS) is 21.9. The molecule has 0 saturated carbocycles. The highest BCUT2D eigenvalue weighted by Gasteiger charge is 2.32. The van der Waals surface area contributed by atoms with Crippen LogP contribution in [0.2, 0.25) is 0 Å². The van der Waals surface area contributed by atoms with Gasteiger partial charge in [-0.15, -0.1) is 0 Å². The average Bonchev–Trinajstić information content (AvgIpc) is 2.75. The SMILES string of the molecule is O=C(N[C@@H]1CC[C@H](CCNS(=O)(=O)c2ccc(F)cc2)O[C@H]1CO)c1cnccn1. The third-order valence-electron chi connectivity index (χ3n) is 4.79. The number of ether oxygens (including phenoxy) is 1. The molecule has 2 aromatic rings. The van der Waals surface area contributed by atoms with Gasteiger partial charge >= 0.3 is 0 Å². The average molecular weight is 438 g/mol. The fourth-order valence-electron chi connectivity index (χ4n) is 3.22. The molecule has 1 aliphatic heterocycles. The molecule has 1 aliphatic rings. The van der Waals surface area contributed by atoms with Crippen molar-refractivity contribution < 1.29 is 27.4 Å². The zero-order valence-electron chi connectivity index (χ0n) is 16.1. The Morgan fingerprint density at radius 1 is 1.23 bits per heavy atom. The molecule has 11 heteroatoms. The van der Waals surface area contributed by atoms with Crippen LogP contribution >= 0.6 is 0 Å². The minimum atomic E-state index is -3.75. The number of benzene rings is 1. The van der Waals surface area contributed by atoms with Crippen LogP contribution in [0.3, 0.4) is 0 Å². The number of aliphatic hydroxyl groups is 1. The number of nitrogens with one attached hydrogen (secondary N) is 2. The van der Waals surface area contributed by atoms with Crippen LogP contribution < -0.4 is 10.0 Å². The Morgan fingerprint density at radius 2 is 2.00 bits per heavy atom. The van der Waals surface area contributed by atoms with Gasteiger partial charge in [0.15, 0.2) is 0 Å². The van der Waals surface area contributed by atoms with E-state index in [2.05, 4.69) is 20.0 Å². The topological polar surface area (TPSA) is 131 Å². The number of amides is 1. The Bertz CT molecular complexity index is 943. The summed E-state index contributed by atoms with van der Waals surface area (Å²) in [6, 6.07) is 4.17. The fourth-order valence-corrected chi connectivity index (χ4v) is 4.27. The zero-order chi connectivity index (χ0) is 21.6. The van der Waals surface area contributed by atoms with Crippen molar-refractivity contribution in [2.75, 3.05) is 13.2 Å². The van der Waals surface area contributed by atoms with Gasteiger partial charge in [-0.3, -0.25) is 9.78 Å². The Labute approximate surface area is 173 Å². The molecule has 9 nitrogen and oxygen atoms in total. The van der Waals surface area contributed by atoms with Crippen LogP contribution in [0, 0.1) is 5.82 Å². The molecule has 1 aromatic carbocycles. The predicted molar refractivity (Wildman–Crippen MR) is 104 cm³/mol. The molecule has 1 saturated heterocycles. The smallest absolute Gasteiger partial charge is 0.271 e. The maximum Gasteiger partial charge on any atom is 0.271 e. The molecule has 0 bridgehead atoms. The van der Waals surface area contributed by atoms with Crippen LogP contribution in [0.1, 0.15) is 29.8 Å². The van der Waals surface area contributed by atoms with Gasteiger partial charge in [0.2, 0.25) is 10.0 Å². The first-order chi connectivity index (χ1) is 14.4. The molecular weight excluding hydrogens is 415 g/mol. The molecule has 0 radical (unpaired) electrons. The van der Waals surface area contributed by atoms with E-state index >= 15 is 0 Å². The summed E-state index contributed by atoms with van der Waals surface area (Å²) in [5.41, 5.74) is 0.173. The number of carbonyl (C=O) groups is 1. The number of hydrogen-bond acceptors (Lipinski definition) is 7. The van der Waals surface area contributed by atoms with Crippen LogP contribution in [0.25, 0.3) is 0 Å². The van der Waals surface area contributed by atoms with Gasteiger partial charge in [0, 0.05) is 18.9 Å². The van der Waals surface area contributed by atoms with Crippen LogP contribution in [0.4, 0.5) is 4.39 Å². The molecular formula is C19H23FN4O5S. The van der Waals surface area contributed by atoms with E-state index in [1.54, 1.807) is 0 Å². The molecule has 162 valence electrons. The van der Waals surface area contributed by atoms with E-state index in [4.69, 9.17) is 4.74 Å². The minimum absolute atomic E-state index is 0.0199. The highest BCUT2D eigenvalue weighted by molar-refractivity contribution is 7.89. The third kappa shape index (κ3) is 5.79. The molecule has 3 atom stereocenters. The monoisotopic (exact) mass is 438 g/mol. The fraction of sp³-hybridized carbons (Fsp3) is 0.421. The number of rotatable bonds is 8. The first kappa shape index (κ1) is 22.2. The van der Waals surface area contributed by atoms with Crippen LogP contribution in [0.5, 0.6) is 0 Å². The van der Waals surface area contributed by atoms with Crippen molar-refractivity contribution in [1.29, 1.82) is 0 Å². The second-order valence-corrected chi connectivity index (χ2v) is 8.63. The standard InChI is InChI=1S/C19H23FN4O5S/c20-13-1-4-15(5-2-13)30(27,28)23-8-7-14-3-6-16(18(12-25)29-14)24-19(26)17-11-21-9-10-22-17/h1-2,4-5,9-11,14,16,18,23,25H,3,6-8,12H2,(H,24,26)/t14-,16-,18+/m1/s1. The van der Waals surface area contributed by atoms with Gasteiger partial charge in [-0.25, -0.2) is 22.5 Å². The number of hydrogen-bond donors (Lipinski definition) is 3. The van der Waals surface area contributed by atoms with E-state index in [1.807, 2.05) is 0 Å². The van der Waals surface area contributed by atoms with Crippen molar-refractivity contribution in [3.63, 3.8) is 0 Å². The summed E-state index contributed by atoms with van der Waals surface area (Å²) in [6.45, 7) is -0.164.